The maximum absolute atomic E-state index is 11.0. The maximum Gasteiger partial charge on any atom is 0.313 e. The average Bonchev–Trinajstić information content (AvgIpc) is 2.46. The van der Waals surface area contributed by atoms with Crippen LogP contribution in [0.5, 0.6) is 0 Å². The number of hydrogen-bond donors (Lipinski definition) is 1. The highest BCUT2D eigenvalue weighted by atomic mass is 16.6. The van der Waals surface area contributed by atoms with E-state index < -0.39 is 4.92 Å². The molecule has 0 radical (unpaired) electrons. The van der Waals surface area contributed by atoms with Crippen LogP contribution in [0.25, 0.3) is 11.3 Å². The summed E-state index contributed by atoms with van der Waals surface area (Å²) in [6, 6.07) is 7.57. The molecule has 1 heterocycles. The minimum absolute atomic E-state index is 0.0942. The van der Waals surface area contributed by atoms with E-state index in [1.165, 1.54) is 11.8 Å². The quantitative estimate of drug-likeness (QED) is 0.673. The van der Waals surface area contributed by atoms with Gasteiger partial charge in [-0.2, -0.15) is 0 Å². The van der Waals surface area contributed by atoms with E-state index in [-0.39, 0.29) is 5.69 Å². The Balaban J connectivity index is 2.54. The summed E-state index contributed by atoms with van der Waals surface area (Å²) in [5.41, 5.74) is 2.12. The lowest BCUT2D eigenvalue weighted by Gasteiger charge is -2.05. The summed E-state index contributed by atoms with van der Waals surface area (Å²) in [7, 11) is 1.67. The highest BCUT2D eigenvalue weighted by Crippen LogP contribution is 2.28. The van der Waals surface area contributed by atoms with Gasteiger partial charge in [0.2, 0.25) is 5.95 Å². The summed E-state index contributed by atoms with van der Waals surface area (Å²) in [6.07, 6.45) is 2.15. The van der Waals surface area contributed by atoms with Crippen molar-refractivity contribution in [1.82, 2.24) is 9.97 Å². The second-order valence-corrected chi connectivity index (χ2v) is 3.99. The van der Waals surface area contributed by atoms with Crippen LogP contribution in [0.2, 0.25) is 0 Å². The molecular weight excluding hydrogens is 244 g/mol. The smallest absolute Gasteiger partial charge is 0.313 e. The highest BCUT2D eigenvalue weighted by molar-refractivity contribution is 5.70. The Morgan fingerprint density at radius 3 is 2.53 bits per heavy atom. The van der Waals surface area contributed by atoms with Crippen LogP contribution >= 0.6 is 0 Å². The zero-order chi connectivity index (χ0) is 13.8. The molecular formula is C13H14N4O2. The van der Waals surface area contributed by atoms with Crippen LogP contribution in [-0.2, 0) is 6.42 Å². The van der Waals surface area contributed by atoms with Gasteiger partial charge in [-0.05, 0) is 12.0 Å². The number of benzene rings is 1. The summed E-state index contributed by atoms with van der Waals surface area (Å²) in [5.74, 6) is 0.361. The lowest BCUT2D eigenvalue weighted by Crippen LogP contribution is -2.01. The first kappa shape index (κ1) is 12.9. The van der Waals surface area contributed by atoms with E-state index in [0.29, 0.717) is 17.2 Å². The molecule has 0 bridgehead atoms. The van der Waals surface area contributed by atoms with Gasteiger partial charge in [-0.3, -0.25) is 10.1 Å². The number of aromatic nitrogens is 2. The van der Waals surface area contributed by atoms with Crippen molar-refractivity contribution in [2.24, 2.45) is 0 Å². The molecule has 0 aliphatic heterocycles. The molecule has 2 aromatic rings. The predicted molar refractivity (Wildman–Crippen MR) is 73.0 cm³/mol. The van der Waals surface area contributed by atoms with Crippen molar-refractivity contribution in [3.05, 3.63) is 46.1 Å². The number of nitrogens with one attached hydrogen (secondary N) is 1. The zero-order valence-corrected chi connectivity index (χ0v) is 10.8. The summed E-state index contributed by atoms with van der Waals surface area (Å²) in [6.45, 7) is 2.06. The predicted octanol–water partition coefficient (Wildman–Crippen LogP) is 2.66. The number of nitrogens with zero attached hydrogens (tertiary/aromatic N) is 3. The van der Waals surface area contributed by atoms with Crippen LogP contribution in [0, 0.1) is 10.1 Å². The van der Waals surface area contributed by atoms with Gasteiger partial charge in [-0.1, -0.05) is 31.2 Å². The summed E-state index contributed by atoms with van der Waals surface area (Å²) in [5, 5.41) is 13.8. The Labute approximate surface area is 110 Å². The molecule has 2 rings (SSSR count). The van der Waals surface area contributed by atoms with Gasteiger partial charge in [0.1, 0.15) is 6.20 Å². The SMILES string of the molecule is CCc1ccc(-c2nc(NC)ncc2[N+](=O)[O-])cc1. The molecule has 0 atom stereocenters. The molecule has 0 saturated carbocycles. The van der Waals surface area contributed by atoms with Crippen LogP contribution in [0.3, 0.4) is 0 Å². The van der Waals surface area contributed by atoms with E-state index >= 15 is 0 Å². The summed E-state index contributed by atoms with van der Waals surface area (Å²) < 4.78 is 0. The van der Waals surface area contributed by atoms with E-state index in [1.54, 1.807) is 7.05 Å². The van der Waals surface area contributed by atoms with Gasteiger partial charge in [0.05, 0.1) is 4.92 Å². The molecule has 6 nitrogen and oxygen atoms in total. The van der Waals surface area contributed by atoms with Crippen molar-refractivity contribution >= 4 is 11.6 Å². The van der Waals surface area contributed by atoms with Crippen molar-refractivity contribution in [3.8, 4) is 11.3 Å². The van der Waals surface area contributed by atoms with Gasteiger partial charge < -0.3 is 5.32 Å². The minimum atomic E-state index is -0.470. The van der Waals surface area contributed by atoms with Crippen LogP contribution in [0.15, 0.2) is 30.5 Å². The van der Waals surface area contributed by atoms with Gasteiger partial charge in [0.25, 0.3) is 0 Å². The van der Waals surface area contributed by atoms with Crippen LogP contribution in [0.4, 0.5) is 11.6 Å². The molecule has 0 fully saturated rings. The molecule has 0 aliphatic carbocycles. The fraction of sp³-hybridized carbons (Fsp3) is 0.231. The van der Waals surface area contributed by atoms with Crippen LogP contribution in [0.1, 0.15) is 12.5 Å². The minimum Gasteiger partial charge on any atom is -0.357 e. The number of hydrogen-bond acceptors (Lipinski definition) is 5. The third kappa shape index (κ3) is 2.67. The lowest BCUT2D eigenvalue weighted by atomic mass is 10.1. The third-order valence-corrected chi connectivity index (χ3v) is 2.83. The number of rotatable bonds is 4. The summed E-state index contributed by atoms with van der Waals surface area (Å²) >= 11 is 0. The first-order valence-corrected chi connectivity index (χ1v) is 5.94. The Morgan fingerprint density at radius 1 is 1.32 bits per heavy atom. The summed E-state index contributed by atoms with van der Waals surface area (Å²) in [4.78, 5) is 18.6. The Kier molecular flexibility index (Phi) is 3.70. The zero-order valence-electron chi connectivity index (χ0n) is 10.8. The number of anilines is 1. The van der Waals surface area contributed by atoms with Crippen LogP contribution in [-0.4, -0.2) is 21.9 Å². The van der Waals surface area contributed by atoms with Crippen LogP contribution < -0.4 is 5.32 Å². The number of nitro groups is 1. The topological polar surface area (TPSA) is 81.0 Å². The molecule has 0 spiro atoms. The van der Waals surface area contributed by atoms with Crippen molar-refractivity contribution in [1.29, 1.82) is 0 Å². The van der Waals surface area contributed by atoms with Crippen molar-refractivity contribution in [2.75, 3.05) is 12.4 Å². The molecule has 0 aliphatic rings. The first-order chi connectivity index (χ1) is 9.15. The van der Waals surface area contributed by atoms with Gasteiger partial charge in [-0.15, -0.1) is 0 Å². The molecule has 6 heteroatoms. The molecule has 1 aromatic carbocycles. The second kappa shape index (κ2) is 5.43. The normalized spacial score (nSPS) is 10.2. The third-order valence-electron chi connectivity index (χ3n) is 2.83. The standard InChI is InChI=1S/C13H14N4O2/c1-3-9-4-6-10(7-5-9)12-11(17(18)19)8-15-13(14-2)16-12/h4-8H,3H2,1-2H3,(H,14,15,16). The number of aryl methyl sites for hydroxylation is 1. The molecule has 1 N–H and O–H groups in total. The Morgan fingerprint density at radius 2 is 2.00 bits per heavy atom. The molecule has 0 saturated heterocycles. The van der Waals surface area contributed by atoms with E-state index in [9.17, 15) is 10.1 Å². The maximum atomic E-state index is 11.0. The fourth-order valence-electron chi connectivity index (χ4n) is 1.74. The van der Waals surface area contributed by atoms with E-state index in [0.717, 1.165) is 6.42 Å². The van der Waals surface area contributed by atoms with Gasteiger partial charge in [0.15, 0.2) is 5.69 Å². The molecule has 1 aromatic heterocycles. The highest BCUT2D eigenvalue weighted by Gasteiger charge is 2.18. The monoisotopic (exact) mass is 258 g/mol. The lowest BCUT2D eigenvalue weighted by molar-refractivity contribution is -0.384. The van der Waals surface area contributed by atoms with Gasteiger partial charge >= 0.3 is 5.69 Å². The first-order valence-electron chi connectivity index (χ1n) is 5.94. The van der Waals surface area contributed by atoms with Gasteiger partial charge in [0, 0.05) is 12.6 Å². The van der Waals surface area contributed by atoms with E-state index in [2.05, 4.69) is 22.2 Å². The van der Waals surface area contributed by atoms with Crippen molar-refractivity contribution < 1.29 is 4.92 Å². The average molecular weight is 258 g/mol. The Bertz CT molecular complexity index is 596. The molecule has 19 heavy (non-hydrogen) atoms. The largest absolute Gasteiger partial charge is 0.357 e. The van der Waals surface area contributed by atoms with E-state index in [4.69, 9.17) is 0 Å². The second-order valence-electron chi connectivity index (χ2n) is 3.99. The Hall–Kier alpha value is -2.50. The van der Waals surface area contributed by atoms with Crippen molar-refractivity contribution in [3.63, 3.8) is 0 Å². The molecule has 0 amide bonds. The molecule has 98 valence electrons. The van der Waals surface area contributed by atoms with Gasteiger partial charge in [-0.25, -0.2) is 9.97 Å². The molecule has 0 unspecified atom stereocenters. The van der Waals surface area contributed by atoms with E-state index in [1.807, 2.05) is 24.3 Å². The van der Waals surface area contributed by atoms with Crippen molar-refractivity contribution in [2.45, 2.75) is 13.3 Å². The fourth-order valence-corrected chi connectivity index (χ4v) is 1.74.